The molecule has 1 N–H and O–H groups in total. The van der Waals surface area contributed by atoms with Crippen molar-refractivity contribution in [2.45, 2.75) is 0 Å². The Morgan fingerprint density at radius 1 is 1.16 bits per heavy atom. The summed E-state index contributed by atoms with van der Waals surface area (Å²) in [4.78, 5) is 18.9. The SMILES string of the molecule is O=C(O)c1ccc2oc(-c3ccccc3Cl)nc2n1. The molecule has 0 aliphatic heterocycles. The molecule has 0 saturated heterocycles. The van der Waals surface area contributed by atoms with Gasteiger partial charge in [0, 0.05) is 0 Å². The maximum Gasteiger partial charge on any atom is 0.354 e. The fourth-order valence-electron chi connectivity index (χ4n) is 1.69. The summed E-state index contributed by atoms with van der Waals surface area (Å²) in [6.07, 6.45) is 0. The van der Waals surface area contributed by atoms with Crippen molar-refractivity contribution in [2.75, 3.05) is 0 Å². The number of carbonyl (C=O) groups is 1. The van der Waals surface area contributed by atoms with Crippen LogP contribution in [-0.2, 0) is 0 Å². The molecular weight excluding hydrogens is 268 g/mol. The van der Waals surface area contributed by atoms with Crippen molar-refractivity contribution >= 4 is 28.8 Å². The summed E-state index contributed by atoms with van der Waals surface area (Å²) in [6, 6.07) is 10.00. The van der Waals surface area contributed by atoms with Gasteiger partial charge in [-0.1, -0.05) is 23.7 Å². The van der Waals surface area contributed by atoms with Gasteiger partial charge in [-0.15, -0.1) is 0 Å². The molecule has 0 aliphatic carbocycles. The standard InChI is InChI=1S/C13H7ClN2O3/c14-8-4-2-1-3-7(8)12-16-11-10(19-12)6-5-9(15-11)13(17)18/h1-6H,(H,17,18). The van der Waals surface area contributed by atoms with Crippen LogP contribution >= 0.6 is 11.6 Å². The molecule has 0 amide bonds. The number of aromatic carboxylic acids is 1. The number of benzene rings is 1. The second-order valence-electron chi connectivity index (χ2n) is 3.82. The number of pyridine rings is 1. The van der Waals surface area contributed by atoms with Crippen molar-refractivity contribution in [1.29, 1.82) is 0 Å². The molecule has 0 atom stereocenters. The predicted molar refractivity (Wildman–Crippen MR) is 69.2 cm³/mol. The van der Waals surface area contributed by atoms with Gasteiger partial charge in [0.15, 0.2) is 16.9 Å². The topological polar surface area (TPSA) is 76.2 Å². The van der Waals surface area contributed by atoms with E-state index in [-0.39, 0.29) is 11.3 Å². The number of rotatable bonds is 2. The summed E-state index contributed by atoms with van der Waals surface area (Å²) in [6.45, 7) is 0. The molecule has 0 radical (unpaired) electrons. The van der Waals surface area contributed by atoms with Crippen LogP contribution in [0.25, 0.3) is 22.7 Å². The molecule has 6 heteroatoms. The molecule has 1 aromatic carbocycles. The van der Waals surface area contributed by atoms with Gasteiger partial charge in [0.1, 0.15) is 0 Å². The van der Waals surface area contributed by atoms with Gasteiger partial charge in [0.2, 0.25) is 5.89 Å². The number of halogens is 1. The number of oxazole rings is 1. The third kappa shape index (κ3) is 2.04. The van der Waals surface area contributed by atoms with Gasteiger partial charge in [0.05, 0.1) is 10.6 Å². The third-order valence-electron chi connectivity index (χ3n) is 2.58. The lowest BCUT2D eigenvalue weighted by molar-refractivity contribution is 0.0691. The van der Waals surface area contributed by atoms with Crippen LogP contribution in [0, 0.1) is 0 Å². The fraction of sp³-hybridized carbons (Fsp3) is 0. The molecule has 2 aromatic heterocycles. The molecule has 3 aromatic rings. The maximum atomic E-state index is 10.8. The molecule has 0 fully saturated rings. The number of nitrogens with zero attached hydrogens (tertiary/aromatic N) is 2. The smallest absolute Gasteiger partial charge is 0.354 e. The van der Waals surface area contributed by atoms with Crippen molar-refractivity contribution in [3.8, 4) is 11.5 Å². The minimum absolute atomic E-state index is 0.0773. The second-order valence-corrected chi connectivity index (χ2v) is 4.23. The summed E-state index contributed by atoms with van der Waals surface area (Å²) in [5.41, 5.74) is 1.22. The first-order valence-corrected chi connectivity index (χ1v) is 5.79. The summed E-state index contributed by atoms with van der Waals surface area (Å²) < 4.78 is 5.52. The van der Waals surface area contributed by atoms with E-state index in [1.165, 1.54) is 12.1 Å². The highest BCUT2D eigenvalue weighted by Gasteiger charge is 2.14. The van der Waals surface area contributed by atoms with Crippen LogP contribution in [0.4, 0.5) is 0 Å². The molecule has 0 aliphatic rings. The van der Waals surface area contributed by atoms with Crippen LogP contribution in [0.5, 0.6) is 0 Å². The van der Waals surface area contributed by atoms with E-state index in [4.69, 9.17) is 21.1 Å². The quantitative estimate of drug-likeness (QED) is 0.776. The zero-order valence-corrected chi connectivity index (χ0v) is 10.3. The largest absolute Gasteiger partial charge is 0.477 e. The van der Waals surface area contributed by atoms with Crippen molar-refractivity contribution in [2.24, 2.45) is 0 Å². The van der Waals surface area contributed by atoms with Crippen molar-refractivity contribution < 1.29 is 14.3 Å². The van der Waals surface area contributed by atoms with E-state index >= 15 is 0 Å². The molecule has 0 saturated carbocycles. The molecule has 3 rings (SSSR count). The fourth-order valence-corrected chi connectivity index (χ4v) is 1.90. The Bertz CT molecular complexity index is 782. The second kappa shape index (κ2) is 4.37. The van der Waals surface area contributed by atoms with Gasteiger partial charge >= 0.3 is 5.97 Å². The molecule has 5 nitrogen and oxygen atoms in total. The van der Waals surface area contributed by atoms with Gasteiger partial charge in [0.25, 0.3) is 0 Å². The highest BCUT2D eigenvalue weighted by atomic mass is 35.5. The molecule has 94 valence electrons. The molecule has 0 bridgehead atoms. The Kier molecular flexibility index (Phi) is 2.68. The van der Waals surface area contributed by atoms with Crippen molar-refractivity contribution in [3.63, 3.8) is 0 Å². The van der Waals surface area contributed by atoms with E-state index in [9.17, 15) is 4.79 Å². The van der Waals surface area contributed by atoms with E-state index in [1.807, 2.05) is 6.07 Å². The maximum absolute atomic E-state index is 10.8. The normalized spacial score (nSPS) is 10.8. The molecule has 0 unspecified atom stereocenters. The number of carboxylic acids is 1. The first-order chi connectivity index (χ1) is 9.15. The van der Waals surface area contributed by atoms with E-state index < -0.39 is 5.97 Å². The van der Waals surface area contributed by atoms with Gasteiger partial charge < -0.3 is 9.52 Å². The van der Waals surface area contributed by atoms with Crippen LogP contribution in [0.1, 0.15) is 10.5 Å². The lowest BCUT2D eigenvalue weighted by Crippen LogP contribution is -1.99. The zero-order chi connectivity index (χ0) is 13.4. The number of aromatic nitrogens is 2. The highest BCUT2D eigenvalue weighted by molar-refractivity contribution is 6.33. The first-order valence-electron chi connectivity index (χ1n) is 5.41. The Hall–Kier alpha value is -2.40. The molecule has 19 heavy (non-hydrogen) atoms. The first kappa shape index (κ1) is 11.7. The van der Waals surface area contributed by atoms with Crippen LogP contribution in [-0.4, -0.2) is 21.0 Å². The minimum atomic E-state index is -1.11. The van der Waals surface area contributed by atoms with Gasteiger partial charge in [-0.3, -0.25) is 0 Å². The van der Waals surface area contributed by atoms with Crippen LogP contribution < -0.4 is 0 Å². The molecule has 2 heterocycles. The summed E-state index contributed by atoms with van der Waals surface area (Å²) in [7, 11) is 0. The summed E-state index contributed by atoms with van der Waals surface area (Å²) in [5.74, 6) is -0.792. The number of fused-ring (bicyclic) bond motifs is 1. The van der Waals surface area contributed by atoms with Gasteiger partial charge in [-0.25, -0.2) is 9.78 Å². The minimum Gasteiger partial charge on any atom is -0.477 e. The molecule has 0 spiro atoms. The highest BCUT2D eigenvalue weighted by Crippen LogP contribution is 2.29. The number of hydrogen-bond donors (Lipinski definition) is 1. The third-order valence-corrected chi connectivity index (χ3v) is 2.91. The monoisotopic (exact) mass is 274 g/mol. The van der Waals surface area contributed by atoms with Crippen LogP contribution in [0.3, 0.4) is 0 Å². The summed E-state index contributed by atoms with van der Waals surface area (Å²) in [5, 5.41) is 9.38. The number of hydrogen-bond acceptors (Lipinski definition) is 4. The van der Waals surface area contributed by atoms with Crippen molar-refractivity contribution in [1.82, 2.24) is 9.97 Å². The van der Waals surface area contributed by atoms with Crippen LogP contribution in [0.2, 0.25) is 5.02 Å². The Morgan fingerprint density at radius 2 is 1.95 bits per heavy atom. The zero-order valence-electron chi connectivity index (χ0n) is 9.50. The van der Waals surface area contributed by atoms with Crippen LogP contribution in [0.15, 0.2) is 40.8 Å². The number of carboxylic acid groups (broad SMARTS) is 1. The Labute approximate surface area is 112 Å². The van der Waals surface area contributed by atoms with E-state index in [2.05, 4.69) is 9.97 Å². The van der Waals surface area contributed by atoms with E-state index in [1.54, 1.807) is 18.2 Å². The lowest BCUT2D eigenvalue weighted by atomic mass is 10.2. The van der Waals surface area contributed by atoms with E-state index in [0.717, 1.165) is 0 Å². The predicted octanol–water partition coefficient (Wildman–Crippen LogP) is 3.24. The molecular formula is C13H7ClN2O3. The Balaban J connectivity index is 2.17. The van der Waals surface area contributed by atoms with Gasteiger partial charge in [-0.2, -0.15) is 4.98 Å². The average Bonchev–Trinajstić information content (AvgIpc) is 2.81. The van der Waals surface area contributed by atoms with Crippen molar-refractivity contribution in [3.05, 3.63) is 47.1 Å². The average molecular weight is 275 g/mol. The lowest BCUT2D eigenvalue weighted by Gasteiger charge is -1.96. The Morgan fingerprint density at radius 3 is 2.68 bits per heavy atom. The summed E-state index contributed by atoms with van der Waals surface area (Å²) >= 11 is 6.05. The van der Waals surface area contributed by atoms with E-state index in [0.29, 0.717) is 22.1 Å². The van der Waals surface area contributed by atoms with Gasteiger partial charge in [-0.05, 0) is 24.3 Å².